The van der Waals surface area contributed by atoms with E-state index in [0.717, 1.165) is 5.56 Å². The number of rotatable bonds is 2. The van der Waals surface area contributed by atoms with Gasteiger partial charge in [0.25, 0.3) is 0 Å². The van der Waals surface area contributed by atoms with E-state index in [9.17, 15) is 8.78 Å². The van der Waals surface area contributed by atoms with E-state index in [-0.39, 0.29) is 18.3 Å². The molecule has 2 unspecified atom stereocenters. The zero-order chi connectivity index (χ0) is 9.26. The molecule has 80 valence electrons. The fourth-order valence-corrected chi connectivity index (χ4v) is 2.54. The maximum absolute atomic E-state index is 12.5. The Morgan fingerprint density at radius 3 is 2.79 bits per heavy atom. The number of halogens is 3. The van der Waals surface area contributed by atoms with Gasteiger partial charge in [0.2, 0.25) is 6.43 Å². The van der Waals surface area contributed by atoms with Crippen LogP contribution in [0.1, 0.15) is 11.5 Å². The Hall–Kier alpha value is -0.190. The van der Waals surface area contributed by atoms with Crippen LogP contribution in [-0.2, 0) is 0 Å². The van der Waals surface area contributed by atoms with E-state index in [1.807, 2.05) is 16.8 Å². The number of nitrogens with one attached hydrogen (secondary N) is 1. The van der Waals surface area contributed by atoms with Crippen LogP contribution >= 0.6 is 23.7 Å². The molecular weight excluding hydrogens is 228 g/mol. The van der Waals surface area contributed by atoms with E-state index < -0.39 is 12.3 Å². The molecule has 1 nitrogen and oxygen atoms in total. The van der Waals surface area contributed by atoms with Gasteiger partial charge in [-0.15, -0.1) is 12.4 Å². The lowest BCUT2D eigenvalue weighted by Crippen LogP contribution is -2.18. The number of hydrogen-bond donors (Lipinski definition) is 1. The average Bonchev–Trinajstić information content (AvgIpc) is 2.74. The van der Waals surface area contributed by atoms with Crippen molar-refractivity contribution < 1.29 is 8.78 Å². The van der Waals surface area contributed by atoms with Gasteiger partial charge in [-0.05, 0) is 22.4 Å². The van der Waals surface area contributed by atoms with Gasteiger partial charge in [-0.3, -0.25) is 0 Å². The molecule has 0 saturated carbocycles. The Morgan fingerprint density at radius 2 is 2.21 bits per heavy atom. The smallest absolute Gasteiger partial charge is 0.243 e. The highest BCUT2D eigenvalue weighted by Crippen LogP contribution is 2.33. The summed E-state index contributed by atoms with van der Waals surface area (Å²) in [6, 6.07) is 1.94. The van der Waals surface area contributed by atoms with Gasteiger partial charge in [0.1, 0.15) is 0 Å². The molecule has 14 heavy (non-hydrogen) atoms. The van der Waals surface area contributed by atoms with E-state index in [0.29, 0.717) is 13.1 Å². The minimum Gasteiger partial charge on any atom is -0.316 e. The zero-order valence-corrected chi connectivity index (χ0v) is 9.08. The highest BCUT2D eigenvalue weighted by atomic mass is 35.5. The maximum atomic E-state index is 12.5. The van der Waals surface area contributed by atoms with Gasteiger partial charge in [0.15, 0.2) is 0 Å². The first-order valence-corrected chi connectivity index (χ1v) is 5.24. The van der Waals surface area contributed by atoms with Gasteiger partial charge in [0.05, 0.1) is 0 Å². The standard InChI is InChI=1S/C9H11F2NS.ClH/c10-9(11)8-4-12-3-7(8)6-1-2-13-5-6;/h1-2,5,7-9,12H,3-4H2;1H. The van der Waals surface area contributed by atoms with Crippen LogP contribution in [0.2, 0.25) is 0 Å². The zero-order valence-electron chi connectivity index (χ0n) is 7.45. The summed E-state index contributed by atoms with van der Waals surface area (Å²) in [5.41, 5.74) is 1.06. The first-order valence-electron chi connectivity index (χ1n) is 4.30. The van der Waals surface area contributed by atoms with E-state index in [1.165, 1.54) is 0 Å². The molecule has 0 bridgehead atoms. The second-order valence-electron chi connectivity index (χ2n) is 3.32. The Kier molecular flexibility index (Phi) is 4.29. The van der Waals surface area contributed by atoms with Crippen molar-refractivity contribution in [2.45, 2.75) is 12.3 Å². The number of alkyl halides is 2. The van der Waals surface area contributed by atoms with Crippen molar-refractivity contribution >= 4 is 23.7 Å². The normalized spacial score (nSPS) is 26.5. The molecule has 1 aliphatic rings. The maximum Gasteiger partial charge on any atom is 0.243 e. The van der Waals surface area contributed by atoms with Crippen molar-refractivity contribution in [1.29, 1.82) is 0 Å². The molecule has 2 heterocycles. The quantitative estimate of drug-likeness (QED) is 0.837. The van der Waals surface area contributed by atoms with Gasteiger partial charge in [0, 0.05) is 24.9 Å². The van der Waals surface area contributed by atoms with Crippen LogP contribution in [0.25, 0.3) is 0 Å². The van der Waals surface area contributed by atoms with Crippen LogP contribution < -0.4 is 5.32 Å². The van der Waals surface area contributed by atoms with E-state index in [1.54, 1.807) is 11.3 Å². The fraction of sp³-hybridized carbons (Fsp3) is 0.556. The van der Waals surface area contributed by atoms with Crippen LogP contribution in [0.4, 0.5) is 8.78 Å². The summed E-state index contributed by atoms with van der Waals surface area (Å²) in [6.45, 7) is 1.13. The molecule has 0 spiro atoms. The second-order valence-corrected chi connectivity index (χ2v) is 4.10. The third-order valence-electron chi connectivity index (χ3n) is 2.56. The van der Waals surface area contributed by atoms with Crippen molar-refractivity contribution in [3.63, 3.8) is 0 Å². The molecule has 1 aliphatic heterocycles. The van der Waals surface area contributed by atoms with Crippen molar-refractivity contribution in [2.75, 3.05) is 13.1 Å². The van der Waals surface area contributed by atoms with Gasteiger partial charge in [-0.2, -0.15) is 11.3 Å². The molecule has 1 aromatic heterocycles. The average molecular weight is 240 g/mol. The first kappa shape index (κ1) is 11.9. The molecule has 1 aromatic rings. The first-order chi connectivity index (χ1) is 6.29. The molecule has 0 aromatic carbocycles. The van der Waals surface area contributed by atoms with Gasteiger partial charge in [-0.1, -0.05) is 0 Å². The Balaban J connectivity index is 0.000000980. The predicted octanol–water partition coefficient (Wildman–Crippen LogP) is 2.74. The molecule has 0 aliphatic carbocycles. The Labute approximate surface area is 91.9 Å². The summed E-state index contributed by atoms with van der Waals surface area (Å²) in [6.07, 6.45) is -2.21. The van der Waals surface area contributed by atoms with Crippen LogP contribution in [-0.4, -0.2) is 19.5 Å². The topological polar surface area (TPSA) is 12.0 Å². The van der Waals surface area contributed by atoms with E-state index >= 15 is 0 Å². The van der Waals surface area contributed by atoms with Crippen molar-refractivity contribution in [2.24, 2.45) is 5.92 Å². The highest BCUT2D eigenvalue weighted by molar-refractivity contribution is 7.07. The van der Waals surface area contributed by atoms with Gasteiger partial charge < -0.3 is 5.32 Å². The second kappa shape index (κ2) is 5.05. The van der Waals surface area contributed by atoms with Gasteiger partial charge in [-0.25, -0.2) is 8.78 Å². The molecule has 1 saturated heterocycles. The molecule has 0 radical (unpaired) electrons. The summed E-state index contributed by atoms with van der Waals surface area (Å²) < 4.78 is 25.1. The van der Waals surface area contributed by atoms with Crippen molar-refractivity contribution in [1.82, 2.24) is 5.32 Å². The summed E-state index contributed by atoms with van der Waals surface area (Å²) >= 11 is 1.57. The lowest BCUT2D eigenvalue weighted by atomic mass is 9.91. The summed E-state index contributed by atoms with van der Waals surface area (Å²) in [7, 11) is 0. The predicted molar refractivity (Wildman–Crippen MR) is 56.7 cm³/mol. The van der Waals surface area contributed by atoms with Crippen LogP contribution in [0.3, 0.4) is 0 Å². The molecule has 1 N–H and O–H groups in total. The molecule has 2 atom stereocenters. The molecule has 0 amide bonds. The Morgan fingerprint density at radius 1 is 1.43 bits per heavy atom. The fourth-order valence-electron chi connectivity index (χ4n) is 1.81. The number of hydrogen-bond acceptors (Lipinski definition) is 2. The minimum absolute atomic E-state index is 0. The Bertz CT molecular complexity index is 266. The van der Waals surface area contributed by atoms with E-state index in [2.05, 4.69) is 5.32 Å². The molecule has 2 rings (SSSR count). The lowest BCUT2D eigenvalue weighted by molar-refractivity contribution is 0.0788. The van der Waals surface area contributed by atoms with Crippen LogP contribution in [0.15, 0.2) is 16.8 Å². The van der Waals surface area contributed by atoms with Gasteiger partial charge >= 0.3 is 0 Å². The number of thiophene rings is 1. The summed E-state index contributed by atoms with van der Waals surface area (Å²) in [5, 5.41) is 6.92. The largest absolute Gasteiger partial charge is 0.316 e. The summed E-state index contributed by atoms with van der Waals surface area (Å²) in [5.74, 6) is -0.499. The van der Waals surface area contributed by atoms with Crippen molar-refractivity contribution in [3.8, 4) is 0 Å². The monoisotopic (exact) mass is 239 g/mol. The lowest BCUT2D eigenvalue weighted by Gasteiger charge is -2.15. The summed E-state index contributed by atoms with van der Waals surface area (Å²) in [4.78, 5) is 0. The molecule has 5 heteroatoms. The molecular formula is C9H12ClF2NS. The highest BCUT2D eigenvalue weighted by Gasteiger charge is 2.34. The van der Waals surface area contributed by atoms with E-state index in [4.69, 9.17) is 0 Å². The SMILES string of the molecule is Cl.FC(F)C1CNCC1c1ccsc1. The minimum atomic E-state index is -2.21. The third kappa shape index (κ3) is 2.24. The van der Waals surface area contributed by atoms with Crippen LogP contribution in [0, 0.1) is 5.92 Å². The molecule has 1 fully saturated rings. The van der Waals surface area contributed by atoms with Crippen molar-refractivity contribution in [3.05, 3.63) is 22.4 Å². The third-order valence-corrected chi connectivity index (χ3v) is 3.26. The van der Waals surface area contributed by atoms with Crippen LogP contribution in [0.5, 0.6) is 0 Å².